The van der Waals surface area contributed by atoms with Gasteiger partial charge in [0, 0.05) is 6.92 Å². The Bertz CT molecular complexity index is 343. The molecule has 0 aromatic heterocycles. The van der Waals surface area contributed by atoms with E-state index in [1.165, 1.54) is 6.92 Å². The molecule has 0 bridgehead atoms. The zero-order valence-corrected chi connectivity index (χ0v) is 12.6. The number of carbonyl (C=O) groups excluding carboxylic acids is 3. The van der Waals surface area contributed by atoms with Crippen LogP contribution in [0.5, 0.6) is 0 Å². The fourth-order valence-electron chi connectivity index (χ4n) is 1.79. The van der Waals surface area contributed by atoms with Crippen LogP contribution in [0.4, 0.5) is 0 Å². The van der Waals surface area contributed by atoms with Crippen LogP contribution in [0, 0.1) is 0 Å². The summed E-state index contributed by atoms with van der Waals surface area (Å²) in [4.78, 5) is 35.9. The second-order valence-corrected chi connectivity index (χ2v) is 4.23. The molecule has 0 fully saturated rings. The van der Waals surface area contributed by atoms with Crippen LogP contribution in [0.25, 0.3) is 0 Å². The largest absolute Gasteiger partial charge is 0.464 e. The first-order chi connectivity index (χ1) is 9.36. The summed E-state index contributed by atoms with van der Waals surface area (Å²) in [5.74, 6) is -2.28. The maximum Gasteiger partial charge on any atom is 0.348 e. The molecule has 20 heavy (non-hydrogen) atoms. The van der Waals surface area contributed by atoms with Gasteiger partial charge in [0.2, 0.25) is 5.91 Å². The number of esters is 2. The second kappa shape index (κ2) is 8.35. The van der Waals surface area contributed by atoms with Crippen LogP contribution in [-0.2, 0) is 23.9 Å². The number of hydrogen-bond acceptors (Lipinski definition) is 5. The van der Waals surface area contributed by atoms with E-state index in [2.05, 4.69) is 11.9 Å². The third kappa shape index (κ3) is 4.08. The Hall–Kier alpha value is -1.85. The van der Waals surface area contributed by atoms with Crippen LogP contribution in [0.2, 0.25) is 0 Å². The van der Waals surface area contributed by atoms with E-state index >= 15 is 0 Å². The van der Waals surface area contributed by atoms with Gasteiger partial charge >= 0.3 is 11.9 Å². The number of ether oxygens (including phenoxy) is 2. The molecule has 6 nitrogen and oxygen atoms in total. The van der Waals surface area contributed by atoms with E-state index in [1.54, 1.807) is 13.8 Å². The molecule has 0 aliphatic heterocycles. The Morgan fingerprint density at radius 3 is 1.80 bits per heavy atom. The maximum absolute atomic E-state index is 12.2. The van der Waals surface area contributed by atoms with Gasteiger partial charge in [-0.3, -0.25) is 4.79 Å². The molecule has 114 valence electrons. The first kappa shape index (κ1) is 18.1. The fraction of sp³-hybridized carbons (Fsp3) is 0.643. The van der Waals surface area contributed by atoms with E-state index < -0.39 is 23.4 Å². The van der Waals surface area contributed by atoms with Crippen molar-refractivity contribution in [3.63, 3.8) is 0 Å². The Morgan fingerprint density at radius 2 is 1.50 bits per heavy atom. The van der Waals surface area contributed by atoms with Crippen LogP contribution in [-0.4, -0.2) is 36.6 Å². The Kier molecular flexibility index (Phi) is 7.57. The molecule has 0 rings (SSSR count). The highest BCUT2D eigenvalue weighted by Crippen LogP contribution is 2.24. The van der Waals surface area contributed by atoms with Crippen molar-refractivity contribution >= 4 is 17.8 Å². The number of amides is 1. The summed E-state index contributed by atoms with van der Waals surface area (Å²) in [6, 6.07) is 0. The highest BCUT2D eigenvalue weighted by atomic mass is 16.6. The van der Waals surface area contributed by atoms with Gasteiger partial charge in [-0.1, -0.05) is 19.9 Å². The van der Waals surface area contributed by atoms with Crippen molar-refractivity contribution < 1.29 is 23.9 Å². The molecule has 0 spiro atoms. The summed E-state index contributed by atoms with van der Waals surface area (Å²) in [7, 11) is 0. The van der Waals surface area contributed by atoms with Gasteiger partial charge in [-0.2, -0.15) is 0 Å². The van der Waals surface area contributed by atoms with Gasteiger partial charge in [0.15, 0.2) is 0 Å². The van der Waals surface area contributed by atoms with Crippen molar-refractivity contribution in [2.75, 3.05) is 13.2 Å². The minimum Gasteiger partial charge on any atom is -0.464 e. The second-order valence-electron chi connectivity index (χ2n) is 4.23. The van der Waals surface area contributed by atoms with Crippen LogP contribution >= 0.6 is 0 Å². The number of hydrogen-bond donors (Lipinski definition) is 1. The first-order valence-corrected chi connectivity index (χ1v) is 6.68. The number of nitrogens with one attached hydrogen (secondary N) is 1. The van der Waals surface area contributed by atoms with Gasteiger partial charge in [-0.25, -0.2) is 9.59 Å². The molecule has 0 aromatic carbocycles. The minimum absolute atomic E-state index is 0.0823. The van der Waals surface area contributed by atoms with Crippen LogP contribution in [0.3, 0.4) is 0 Å². The quantitative estimate of drug-likeness (QED) is 0.413. The number of rotatable bonds is 8. The first-order valence-electron chi connectivity index (χ1n) is 6.68. The Morgan fingerprint density at radius 1 is 1.05 bits per heavy atom. The molecule has 0 atom stereocenters. The van der Waals surface area contributed by atoms with Gasteiger partial charge in [-0.15, -0.1) is 0 Å². The monoisotopic (exact) mass is 285 g/mol. The summed E-state index contributed by atoms with van der Waals surface area (Å²) in [6.45, 7) is 10.2. The summed E-state index contributed by atoms with van der Waals surface area (Å²) >= 11 is 0. The lowest BCUT2D eigenvalue weighted by Gasteiger charge is -2.31. The number of carbonyl (C=O) groups is 3. The van der Waals surface area contributed by atoms with Crippen molar-refractivity contribution in [2.45, 2.75) is 46.1 Å². The molecule has 0 radical (unpaired) electrons. The minimum atomic E-state index is -1.96. The molecule has 0 saturated carbocycles. The lowest BCUT2D eigenvalue weighted by Crippen LogP contribution is -2.62. The van der Waals surface area contributed by atoms with Crippen molar-refractivity contribution in [2.24, 2.45) is 0 Å². The van der Waals surface area contributed by atoms with E-state index in [9.17, 15) is 14.4 Å². The molecule has 0 saturated heterocycles. The van der Waals surface area contributed by atoms with Crippen molar-refractivity contribution in [1.29, 1.82) is 0 Å². The van der Waals surface area contributed by atoms with Gasteiger partial charge in [0.05, 0.1) is 13.2 Å². The fourth-order valence-corrected chi connectivity index (χ4v) is 1.79. The van der Waals surface area contributed by atoms with Crippen molar-refractivity contribution in [3.05, 3.63) is 12.2 Å². The lowest BCUT2D eigenvalue weighted by atomic mass is 9.87. The van der Waals surface area contributed by atoms with Crippen LogP contribution in [0.1, 0.15) is 40.5 Å². The molecule has 0 heterocycles. The average molecular weight is 285 g/mol. The molecule has 0 aliphatic carbocycles. The van der Waals surface area contributed by atoms with Gasteiger partial charge in [0.25, 0.3) is 5.54 Å². The topological polar surface area (TPSA) is 81.7 Å². The van der Waals surface area contributed by atoms with Crippen molar-refractivity contribution in [1.82, 2.24) is 5.32 Å². The van der Waals surface area contributed by atoms with Crippen LogP contribution in [0.15, 0.2) is 12.2 Å². The Balaban J connectivity index is 5.74. The zero-order chi connectivity index (χ0) is 15.8. The Labute approximate surface area is 119 Å². The normalized spacial score (nSPS) is 10.6. The molecule has 1 amide bonds. The standard InChI is InChI=1S/C14H23NO5/c1-6-9-10(4)14(15-11(5)16,12(17)19-7-2)13(18)20-8-3/h4,6-9H2,1-3,5H3,(H,15,16). The van der Waals surface area contributed by atoms with Crippen molar-refractivity contribution in [3.8, 4) is 0 Å². The molecule has 0 aliphatic rings. The average Bonchev–Trinajstić information content (AvgIpc) is 2.36. The SMILES string of the molecule is C=C(CCC)C(NC(C)=O)(C(=O)OCC)C(=O)OCC. The van der Waals surface area contributed by atoms with Gasteiger partial charge in [0.1, 0.15) is 0 Å². The zero-order valence-electron chi connectivity index (χ0n) is 12.6. The molecule has 1 N–H and O–H groups in total. The molecule has 0 aromatic rings. The van der Waals surface area contributed by atoms with Gasteiger partial charge in [-0.05, 0) is 25.8 Å². The molecular formula is C14H23NO5. The van der Waals surface area contributed by atoms with E-state index in [0.717, 1.165) is 0 Å². The predicted octanol–water partition coefficient (Wildman–Crippen LogP) is 1.34. The van der Waals surface area contributed by atoms with E-state index in [1.807, 2.05) is 6.92 Å². The van der Waals surface area contributed by atoms with E-state index in [0.29, 0.717) is 12.8 Å². The highest BCUT2D eigenvalue weighted by molar-refractivity contribution is 6.11. The predicted molar refractivity (Wildman–Crippen MR) is 73.9 cm³/mol. The molecule has 6 heteroatoms. The summed E-state index contributed by atoms with van der Waals surface area (Å²) in [5.41, 5.74) is -1.71. The molecule has 0 unspecified atom stereocenters. The smallest absolute Gasteiger partial charge is 0.348 e. The highest BCUT2D eigenvalue weighted by Gasteiger charge is 2.52. The lowest BCUT2D eigenvalue weighted by molar-refractivity contribution is -0.165. The summed E-state index contributed by atoms with van der Waals surface area (Å²) in [6.07, 6.45) is 1.05. The van der Waals surface area contributed by atoms with E-state index in [-0.39, 0.29) is 18.8 Å². The summed E-state index contributed by atoms with van der Waals surface area (Å²) in [5, 5.41) is 2.36. The van der Waals surface area contributed by atoms with Crippen LogP contribution < -0.4 is 5.32 Å². The van der Waals surface area contributed by atoms with Gasteiger partial charge < -0.3 is 14.8 Å². The molecular weight excluding hydrogens is 262 g/mol. The maximum atomic E-state index is 12.2. The third-order valence-electron chi connectivity index (χ3n) is 2.61. The third-order valence-corrected chi connectivity index (χ3v) is 2.61. The van der Waals surface area contributed by atoms with E-state index in [4.69, 9.17) is 9.47 Å². The summed E-state index contributed by atoms with van der Waals surface area (Å²) < 4.78 is 9.86.